The molecule has 35 heavy (non-hydrogen) atoms. The molecule has 0 unspecified atom stereocenters. The highest BCUT2D eigenvalue weighted by Gasteiger charge is 2.44. The Labute approximate surface area is 198 Å². The zero-order valence-corrected chi connectivity index (χ0v) is 19.4. The zero-order valence-electron chi connectivity index (χ0n) is 19.4. The number of piperidine rings is 1. The number of likely N-dealkylation sites (tertiary alicyclic amines) is 1. The van der Waals surface area contributed by atoms with Crippen molar-refractivity contribution < 1.29 is 40.9 Å². The predicted octanol–water partition coefficient (Wildman–Crippen LogP) is 5.62. The van der Waals surface area contributed by atoms with Crippen LogP contribution in [0.5, 0.6) is 0 Å². The lowest BCUT2D eigenvalue weighted by Crippen LogP contribution is -2.54. The number of para-hydroxylation sites is 1. The van der Waals surface area contributed by atoms with Crippen LogP contribution in [0.15, 0.2) is 24.3 Å². The summed E-state index contributed by atoms with van der Waals surface area (Å²) >= 11 is 0. The van der Waals surface area contributed by atoms with Gasteiger partial charge in [0.25, 0.3) is 0 Å². The Morgan fingerprint density at radius 3 is 2.34 bits per heavy atom. The molecule has 1 aromatic carbocycles. The number of benzene rings is 1. The Balaban J connectivity index is 1.38. The van der Waals surface area contributed by atoms with Crippen LogP contribution in [0.4, 0.5) is 32.0 Å². The molecule has 0 radical (unpaired) electrons. The van der Waals surface area contributed by atoms with E-state index in [1.165, 1.54) is 6.07 Å². The number of anilines is 1. The minimum atomic E-state index is -4.88. The number of nitrogens with one attached hydrogen (secondary N) is 1. The molecule has 0 saturated carbocycles. The van der Waals surface area contributed by atoms with E-state index in [0.29, 0.717) is 45.5 Å². The molecular weight excluding hydrogens is 480 g/mol. The number of rotatable bonds is 5. The molecule has 2 aromatic rings. The van der Waals surface area contributed by atoms with Crippen LogP contribution >= 0.6 is 0 Å². The van der Waals surface area contributed by atoms with Gasteiger partial charge in [0.2, 0.25) is 5.79 Å². The number of aromatic nitrogens is 1. The average molecular weight is 507 g/mol. The van der Waals surface area contributed by atoms with Crippen molar-refractivity contribution in [2.45, 2.75) is 56.9 Å². The van der Waals surface area contributed by atoms with Crippen molar-refractivity contribution in [3.8, 4) is 0 Å². The van der Waals surface area contributed by atoms with Gasteiger partial charge in [0.1, 0.15) is 11.3 Å². The summed E-state index contributed by atoms with van der Waals surface area (Å²) in [5.41, 5.74) is -3.83. The first kappa shape index (κ1) is 25.9. The number of pyridine rings is 1. The van der Waals surface area contributed by atoms with Crippen LogP contribution in [-0.4, -0.2) is 54.1 Å². The van der Waals surface area contributed by atoms with Crippen molar-refractivity contribution in [2.24, 2.45) is 0 Å². The summed E-state index contributed by atoms with van der Waals surface area (Å²) in [5, 5.41) is 2.87. The van der Waals surface area contributed by atoms with Gasteiger partial charge in [-0.1, -0.05) is 12.1 Å². The SMILES string of the molecule is CC1(C)COC2(CCN(CCCNc3cc(C(F)(F)F)nc4c(C(F)(F)F)cccc34)CC2)OO1. The number of hydrogen-bond acceptors (Lipinski definition) is 6. The number of nitrogens with zero attached hydrogens (tertiary/aromatic N) is 2. The smallest absolute Gasteiger partial charge is 0.384 e. The van der Waals surface area contributed by atoms with Gasteiger partial charge >= 0.3 is 12.4 Å². The van der Waals surface area contributed by atoms with E-state index in [1.54, 1.807) is 0 Å². The second kappa shape index (κ2) is 9.38. The molecule has 1 spiro atoms. The molecule has 0 bridgehead atoms. The first-order valence-electron chi connectivity index (χ1n) is 11.3. The van der Waals surface area contributed by atoms with Crippen LogP contribution in [-0.2, 0) is 26.9 Å². The maximum absolute atomic E-state index is 13.4. The van der Waals surface area contributed by atoms with Crippen LogP contribution in [0.3, 0.4) is 0 Å². The third kappa shape index (κ3) is 5.99. The summed E-state index contributed by atoms with van der Waals surface area (Å²) in [4.78, 5) is 16.4. The fourth-order valence-electron chi connectivity index (χ4n) is 4.18. The second-order valence-electron chi connectivity index (χ2n) is 9.50. The van der Waals surface area contributed by atoms with Crippen LogP contribution in [0.1, 0.15) is 44.4 Å². The van der Waals surface area contributed by atoms with E-state index in [9.17, 15) is 26.3 Å². The maximum atomic E-state index is 13.4. The van der Waals surface area contributed by atoms with E-state index < -0.39 is 40.5 Å². The Morgan fingerprint density at radius 2 is 1.74 bits per heavy atom. The summed E-state index contributed by atoms with van der Waals surface area (Å²) in [6, 6.07) is 3.98. The Bertz CT molecular complexity index is 1040. The van der Waals surface area contributed by atoms with Gasteiger partial charge in [0, 0.05) is 43.5 Å². The highest BCUT2D eigenvalue weighted by molar-refractivity contribution is 5.93. The van der Waals surface area contributed by atoms with E-state index in [4.69, 9.17) is 14.5 Å². The highest BCUT2D eigenvalue weighted by Crippen LogP contribution is 2.39. The van der Waals surface area contributed by atoms with E-state index in [2.05, 4.69) is 15.2 Å². The van der Waals surface area contributed by atoms with Crippen molar-refractivity contribution in [1.29, 1.82) is 0 Å². The van der Waals surface area contributed by atoms with Gasteiger partial charge in [-0.25, -0.2) is 14.8 Å². The van der Waals surface area contributed by atoms with E-state index in [0.717, 1.165) is 18.2 Å². The molecule has 0 atom stereocenters. The lowest BCUT2D eigenvalue weighted by Gasteiger charge is -2.45. The molecule has 1 aromatic heterocycles. The normalized spacial score (nSPS) is 20.9. The number of ether oxygens (including phenoxy) is 1. The molecule has 194 valence electrons. The molecule has 0 amide bonds. The molecule has 1 N–H and O–H groups in total. The third-order valence-electron chi connectivity index (χ3n) is 6.12. The van der Waals surface area contributed by atoms with Crippen molar-refractivity contribution >= 4 is 16.6 Å². The first-order chi connectivity index (χ1) is 16.3. The van der Waals surface area contributed by atoms with Gasteiger partial charge in [-0.3, -0.25) is 0 Å². The van der Waals surface area contributed by atoms with E-state index in [1.807, 2.05) is 13.8 Å². The number of fused-ring (bicyclic) bond motifs is 1. The van der Waals surface area contributed by atoms with Crippen LogP contribution in [0.25, 0.3) is 10.9 Å². The van der Waals surface area contributed by atoms with Crippen molar-refractivity contribution in [1.82, 2.24) is 9.88 Å². The summed E-state index contributed by atoms with van der Waals surface area (Å²) in [5.74, 6) is -0.760. The predicted molar refractivity (Wildman–Crippen MR) is 115 cm³/mol. The number of alkyl halides is 6. The molecule has 2 aliphatic rings. The minimum absolute atomic E-state index is 0.0118. The van der Waals surface area contributed by atoms with E-state index in [-0.39, 0.29) is 17.6 Å². The van der Waals surface area contributed by atoms with Crippen LogP contribution < -0.4 is 5.32 Å². The second-order valence-corrected chi connectivity index (χ2v) is 9.50. The molecule has 3 heterocycles. The van der Waals surface area contributed by atoms with Crippen molar-refractivity contribution in [2.75, 3.05) is 38.1 Å². The van der Waals surface area contributed by atoms with Crippen LogP contribution in [0.2, 0.25) is 0 Å². The van der Waals surface area contributed by atoms with Gasteiger partial charge in [-0.05, 0) is 38.9 Å². The minimum Gasteiger partial charge on any atom is -0.384 e. The Kier molecular flexibility index (Phi) is 6.95. The largest absolute Gasteiger partial charge is 0.433 e. The molecule has 4 rings (SSSR count). The van der Waals surface area contributed by atoms with Gasteiger partial charge in [-0.15, -0.1) is 0 Å². The standard InChI is InChI=1S/C23H27F6N3O3/c1-20(2)14-33-21(35-34-20)7-11-32(12-8-21)10-4-9-30-17-13-18(23(27,28)29)31-19-15(17)5-3-6-16(19)22(24,25)26/h3,5-6,13H,4,7-12,14H2,1-2H3,(H,30,31). The number of halogens is 6. The summed E-state index contributed by atoms with van der Waals surface area (Å²) in [6.45, 7) is 6.47. The van der Waals surface area contributed by atoms with Crippen molar-refractivity contribution in [3.63, 3.8) is 0 Å². The molecule has 2 aliphatic heterocycles. The third-order valence-corrected chi connectivity index (χ3v) is 6.12. The Morgan fingerprint density at radius 1 is 1.03 bits per heavy atom. The lowest BCUT2D eigenvalue weighted by atomic mass is 10.0. The molecule has 12 heteroatoms. The van der Waals surface area contributed by atoms with Gasteiger partial charge in [-0.2, -0.15) is 26.3 Å². The first-order valence-corrected chi connectivity index (χ1v) is 11.3. The molecule has 6 nitrogen and oxygen atoms in total. The zero-order chi connectivity index (χ0) is 25.5. The van der Waals surface area contributed by atoms with Gasteiger partial charge < -0.3 is 15.0 Å². The molecule has 2 fully saturated rings. The molecule has 2 saturated heterocycles. The number of hydrogen-bond donors (Lipinski definition) is 1. The summed E-state index contributed by atoms with van der Waals surface area (Å²) < 4.78 is 86.1. The quantitative estimate of drug-likeness (QED) is 0.322. The van der Waals surface area contributed by atoms with E-state index >= 15 is 0 Å². The fourth-order valence-corrected chi connectivity index (χ4v) is 4.18. The van der Waals surface area contributed by atoms with Gasteiger partial charge in [0.05, 0.1) is 17.7 Å². The van der Waals surface area contributed by atoms with Crippen LogP contribution in [0, 0.1) is 0 Å². The van der Waals surface area contributed by atoms with Crippen molar-refractivity contribution in [3.05, 3.63) is 35.5 Å². The topological polar surface area (TPSA) is 55.9 Å². The summed E-state index contributed by atoms with van der Waals surface area (Å²) in [7, 11) is 0. The summed E-state index contributed by atoms with van der Waals surface area (Å²) in [6.07, 6.45) is -7.91. The molecular formula is C23H27F6N3O3. The lowest BCUT2D eigenvalue weighted by molar-refractivity contribution is -0.511. The average Bonchev–Trinajstić information content (AvgIpc) is 2.78. The maximum Gasteiger partial charge on any atom is 0.433 e. The Hall–Kier alpha value is -2.15. The highest BCUT2D eigenvalue weighted by atomic mass is 19.4. The molecule has 0 aliphatic carbocycles. The fraction of sp³-hybridized carbons (Fsp3) is 0.609. The van der Waals surface area contributed by atoms with Gasteiger partial charge in [0.15, 0.2) is 0 Å². The monoisotopic (exact) mass is 507 g/mol.